The summed E-state index contributed by atoms with van der Waals surface area (Å²) in [6, 6.07) is 7.86. The van der Waals surface area contributed by atoms with Gasteiger partial charge in [0.15, 0.2) is 0 Å². The average Bonchev–Trinajstić information content (AvgIpc) is 3.07. The number of methoxy groups -OCH3 is 1. The summed E-state index contributed by atoms with van der Waals surface area (Å²) in [4.78, 5) is 14.1. The first-order valence-corrected chi connectivity index (χ1v) is 7.82. The molecule has 1 fully saturated rings. The molecule has 1 aromatic carbocycles. The summed E-state index contributed by atoms with van der Waals surface area (Å²) in [5.74, 6) is 0.939. The molecule has 1 unspecified atom stereocenters. The van der Waals surface area contributed by atoms with Crippen molar-refractivity contribution in [3.05, 3.63) is 51.7 Å². The lowest BCUT2D eigenvalue weighted by Gasteiger charge is -2.25. The standard InChI is InChI=1S/C16H18N2O2S/c1-11-9-21-10-13(11)8-18-15(19)7-17-16(18)12-4-3-5-14(6-12)20-2/h3-6,9-10,16-17H,7-8H2,1-2H3. The van der Waals surface area contributed by atoms with E-state index < -0.39 is 0 Å². The van der Waals surface area contributed by atoms with E-state index >= 15 is 0 Å². The molecule has 0 radical (unpaired) electrons. The van der Waals surface area contributed by atoms with Gasteiger partial charge < -0.3 is 9.64 Å². The van der Waals surface area contributed by atoms with E-state index in [-0.39, 0.29) is 12.1 Å². The SMILES string of the molecule is COc1cccc(C2NCC(=O)N2Cc2cscc2C)c1. The topological polar surface area (TPSA) is 41.6 Å². The largest absolute Gasteiger partial charge is 0.497 e. The molecule has 21 heavy (non-hydrogen) atoms. The van der Waals surface area contributed by atoms with E-state index in [1.807, 2.05) is 29.2 Å². The van der Waals surface area contributed by atoms with Crippen LogP contribution in [0, 0.1) is 6.92 Å². The molecule has 1 saturated heterocycles. The first kappa shape index (κ1) is 14.1. The zero-order valence-corrected chi connectivity index (χ0v) is 12.9. The molecule has 4 nitrogen and oxygen atoms in total. The smallest absolute Gasteiger partial charge is 0.238 e. The molecule has 2 heterocycles. The van der Waals surface area contributed by atoms with Crippen LogP contribution in [0.4, 0.5) is 0 Å². The van der Waals surface area contributed by atoms with Gasteiger partial charge in [0.25, 0.3) is 0 Å². The molecule has 110 valence electrons. The number of nitrogens with one attached hydrogen (secondary N) is 1. The number of carbonyl (C=O) groups excluding carboxylic acids is 1. The molecule has 0 spiro atoms. The predicted octanol–water partition coefficient (Wildman–Crippen LogP) is 2.70. The van der Waals surface area contributed by atoms with Crippen molar-refractivity contribution < 1.29 is 9.53 Å². The summed E-state index contributed by atoms with van der Waals surface area (Å²) in [6.45, 7) is 3.11. The first-order valence-electron chi connectivity index (χ1n) is 6.87. The van der Waals surface area contributed by atoms with Crippen LogP contribution < -0.4 is 10.1 Å². The fourth-order valence-electron chi connectivity index (χ4n) is 2.56. The molecule has 1 aromatic heterocycles. The third-order valence-corrected chi connectivity index (χ3v) is 4.70. The zero-order chi connectivity index (χ0) is 14.8. The Labute approximate surface area is 128 Å². The highest BCUT2D eigenvalue weighted by Gasteiger charge is 2.32. The Hall–Kier alpha value is -1.85. The molecule has 0 saturated carbocycles. The number of aryl methyl sites for hydroxylation is 1. The monoisotopic (exact) mass is 302 g/mol. The van der Waals surface area contributed by atoms with E-state index in [2.05, 4.69) is 23.0 Å². The van der Waals surface area contributed by atoms with E-state index in [1.54, 1.807) is 18.4 Å². The van der Waals surface area contributed by atoms with E-state index in [9.17, 15) is 4.79 Å². The Morgan fingerprint density at radius 2 is 2.29 bits per heavy atom. The molecule has 3 rings (SSSR count). The van der Waals surface area contributed by atoms with Crippen LogP contribution in [0.15, 0.2) is 35.0 Å². The Kier molecular flexibility index (Phi) is 3.94. The first-order chi connectivity index (χ1) is 10.2. The van der Waals surface area contributed by atoms with Gasteiger partial charge in [0.1, 0.15) is 11.9 Å². The third-order valence-electron chi connectivity index (χ3n) is 3.79. The maximum atomic E-state index is 12.2. The van der Waals surface area contributed by atoms with E-state index in [1.165, 1.54) is 11.1 Å². The molecule has 1 aliphatic rings. The summed E-state index contributed by atoms with van der Waals surface area (Å²) in [5.41, 5.74) is 3.50. The minimum atomic E-state index is -0.0908. The number of benzene rings is 1. The second-order valence-corrected chi connectivity index (χ2v) is 5.91. The van der Waals surface area contributed by atoms with Crippen LogP contribution in [-0.4, -0.2) is 24.5 Å². The number of ether oxygens (including phenoxy) is 1. The van der Waals surface area contributed by atoms with E-state index in [4.69, 9.17) is 4.74 Å². The lowest BCUT2D eigenvalue weighted by molar-refractivity contribution is -0.128. The highest BCUT2D eigenvalue weighted by molar-refractivity contribution is 7.08. The highest BCUT2D eigenvalue weighted by Crippen LogP contribution is 2.28. The van der Waals surface area contributed by atoms with Gasteiger partial charge in [-0.2, -0.15) is 11.3 Å². The number of rotatable bonds is 4. The van der Waals surface area contributed by atoms with Crippen molar-refractivity contribution in [3.8, 4) is 5.75 Å². The molecule has 1 N–H and O–H groups in total. The summed E-state index contributed by atoms with van der Waals surface area (Å²) in [6.07, 6.45) is -0.0908. The van der Waals surface area contributed by atoms with Crippen molar-refractivity contribution in [3.63, 3.8) is 0 Å². The Balaban J connectivity index is 1.86. The fourth-order valence-corrected chi connectivity index (χ4v) is 3.41. The Morgan fingerprint density at radius 3 is 3.00 bits per heavy atom. The van der Waals surface area contributed by atoms with Crippen LogP contribution in [0.1, 0.15) is 22.9 Å². The number of hydrogen-bond donors (Lipinski definition) is 1. The molecule has 1 aliphatic heterocycles. The Morgan fingerprint density at radius 1 is 1.43 bits per heavy atom. The van der Waals surface area contributed by atoms with Crippen molar-refractivity contribution in [1.82, 2.24) is 10.2 Å². The molecule has 0 aliphatic carbocycles. The molecular formula is C16H18N2O2S. The van der Waals surface area contributed by atoms with E-state index in [0.29, 0.717) is 13.1 Å². The second-order valence-electron chi connectivity index (χ2n) is 5.16. The second kappa shape index (κ2) is 5.87. The van der Waals surface area contributed by atoms with E-state index in [0.717, 1.165) is 11.3 Å². The number of hydrogen-bond acceptors (Lipinski definition) is 4. The average molecular weight is 302 g/mol. The highest BCUT2D eigenvalue weighted by atomic mass is 32.1. The summed E-state index contributed by atoms with van der Waals surface area (Å²) < 4.78 is 5.27. The van der Waals surface area contributed by atoms with Gasteiger partial charge in [-0.15, -0.1) is 0 Å². The van der Waals surface area contributed by atoms with Gasteiger partial charge in [0.05, 0.1) is 13.7 Å². The van der Waals surface area contributed by atoms with Gasteiger partial charge in [-0.25, -0.2) is 0 Å². The van der Waals surface area contributed by atoms with Crippen molar-refractivity contribution in [2.45, 2.75) is 19.6 Å². The maximum Gasteiger partial charge on any atom is 0.238 e. The van der Waals surface area contributed by atoms with Crippen LogP contribution in [0.5, 0.6) is 5.75 Å². The number of carbonyl (C=O) groups is 1. The minimum Gasteiger partial charge on any atom is -0.497 e. The van der Waals surface area contributed by atoms with Gasteiger partial charge in [-0.05, 0) is 46.5 Å². The van der Waals surface area contributed by atoms with Crippen molar-refractivity contribution in [2.75, 3.05) is 13.7 Å². The van der Waals surface area contributed by atoms with Crippen LogP contribution in [0.3, 0.4) is 0 Å². The number of amides is 1. The summed E-state index contributed by atoms with van der Waals surface area (Å²) in [7, 11) is 1.65. The lowest BCUT2D eigenvalue weighted by atomic mass is 10.1. The van der Waals surface area contributed by atoms with Gasteiger partial charge in [0.2, 0.25) is 5.91 Å². The molecule has 0 bridgehead atoms. The molecular weight excluding hydrogens is 284 g/mol. The zero-order valence-electron chi connectivity index (χ0n) is 12.1. The van der Waals surface area contributed by atoms with Crippen molar-refractivity contribution in [1.29, 1.82) is 0 Å². The number of thiophene rings is 1. The summed E-state index contributed by atoms with van der Waals surface area (Å²) >= 11 is 1.68. The quantitative estimate of drug-likeness (QED) is 0.944. The van der Waals surface area contributed by atoms with Gasteiger partial charge >= 0.3 is 0 Å². The summed E-state index contributed by atoms with van der Waals surface area (Å²) in [5, 5.41) is 7.51. The third kappa shape index (κ3) is 2.80. The van der Waals surface area contributed by atoms with Gasteiger partial charge in [-0.3, -0.25) is 10.1 Å². The minimum absolute atomic E-state index is 0.0908. The lowest BCUT2D eigenvalue weighted by Crippen LogP contribution is -2.29. The predicted molar refractivity (Wildman–Crippen MR) is 83.3 cm³/mol. The Bertz CT molecular complexity index is 653. The van der Waals surface area contributed by atoms with Crippen LogP contribution in [0.25, 0.3) is 0 Å². The van der Waals surface area contributed by atoms with Crippen molar-refractivity contribution in [2.24, 2.45) is 0 Å². The molecule has 5 heteroatoms. The normalized spacial score (nSPS) is 18.3. The van der Waals surface area contributed by atoms with Crippen molar-refractivity contribution >= 4 is 17.2 Å². The maximum absolute atomic E-state index is 12.2. The fraction of sp³-hybridized carbons (Fsp3) is 0.312. The molecule has 1 atom stereocenters. The van der Waals surface area contributed by atoms with Crippen LogP contribution in [0.2, 0.25) is 0 Å². The van der Waals surface area contributed by atoms with Gasteiger partial charge in [-0.1, -0.05) is 12.1 Å². The molecule has 2 aromatic rings. The van der Waals surface area contributed by atoms with Crippen LogP contribution >= 0.6 is 11.3 Å². The van der Waals surface area contributed by atoms with Gasteiger partial charge in [0, 0.05) is 6.54 Å². The number of nitrogens with zero attached hydrogens (tertiary/aromatic N) is 1. The van der Waals surface area contributed by atoms with Crippen LogP contribution in [-0.2, 0) is 11.3 Å². The molecule has 1 amide bonds.